The van der Waals surface area contributed by atoms with E-state index in [0.717, 1.165) is 5.56 Å². The Balaban J connectivity index is 0.00000450. The number of hydrogen-bond acceptors (Lipinski definition) is 3. The zero-order valence-electron chi connectivity index (χ0n) is 17.4. The van der Waals surface area contributed by atoms with Crippen LogP contribution in [-0.2, 0) is 16.6 Å². The second-order valence-electron chi connectivity index (χ2n) is 7.30. The average Bonchev–Trinajstić information content (AvgIpc) is 2.64. The Bertz CT molecular complexity index is 824. The molecule has 0 radical (unpaired) electrons. The van der Waals surface area contributed by atoms with Crippen LogP contribution >= 0.6 is 24.0 Å². The largest absolute Gasteiger partial charge is 0.511 e. The third kappa shape index (κ3) is 7.26. The van der Waals surface area contributed by atoms with E-state index in [4.69, 9.17) is 0 Å². The molecule has 2 N–H and O–H groups in total. The van der Waals surface area contributed by atoms with Crippen molar-refractivity contribution in [3.05, 3.63) is 34.9 Å². The Morgan fingerprint density at radius 3 is 2.37 bits per heavy atom. The number of guanidine groups is 1. The number of hydrogen-bond donors (Lipinski definition) is 2. The predicted octanol–water partition coefficient (Wildman–Crippen LogP) is 3.54. The highest BCUT2D eigenvalue weighted by Crippen LogP contribution is 2.30. The number of benzene rings is 1. The van der Waals surface area contributed by atoms with Crippen LogP contribution in [0.1, 0.15) is 36.5 Å². The van der Waals surface area contributed by atoms with Crippen LogP contribution in [-0.4, -0.2) is 50.4 Å². The summed E-state index contributed by atoms with van der Waals surface area (Å²) >= 11 is 0. The zero-order valence-corrected chi connectivity index (χ0v) is 20.6. The van der Waals surface area contributed by atoms with Crippen molar-refractivity contribution in [3.63, 3.8) is 0 Å². The molecule has 0 unspecified atom stereocenters. The van der Waals surface area contributed by atoms with E-state index in [2.05, 4.69) is 27.8 Å². The lowest BCUT2D eigenvalue weighted by Gasteiger charge is -2.31. The minimum absolute atomic E-state index is 0. The fourth-order valence-electron chi connectivity index (χ4n) is 3.27. The van der Waals surface area contributed by atoms with Gasteiger partial charge in [-0.2, -0.15) is 17.5 Å². The molecule has 0 atom stereocenters. The Hall–Kier alpha value is -1.08. The van der Waals surface area contributed by atoms with Crippen LogP contribution in [0.25, 0.3) is 0 Å². The molecule has 30 heavy (non-hydrogen) atoms. The van der Waals surface area contributed by atoms with E-state index in [1.165, 1.54) is 11.1 Å². The highest BCUT2D eigenvalue weighted by Gasteiger charge is 2.50. The van der Waals surface area contributed by atoms with Crippen molar-refractivity contribution in [2.45, 2.75) is 45.7 Å². The smallest absolute Gasteiger partial charge is 0.357 e. The van der Waals surface area contributed by atoms with Crippen LogP contribution < -0.4 is 10.6 Å². The zero-order chi connectivity index (χ0) is 21.7. The van der Waals surface area contributed by atoms with Gasteiger partial charge in [0, 0.05) is 26.2 Å². The molecule has 1 aliphatic rings. The molecule has 1 aromatic carbocycles. The van der Waals surface area contributed by atoms with Gasteiger partial charge in [0.1, 0.15) is 0 Å². The summed E-state index contributed by atoms with van der Waals surface area (Å²) in [6.07, 6.45) is 0.748. The van der Waals surface area contributed by atoms with Gasteiger partial charge >= 0.3 is 15.5 Å². The van der Waals surface area contributed by atoms with Crippen molar-refractivity contribution in [2.75, 3.05) is 26.2 Å². The van der Waals surface area contributed by atoms with E-state index < -0.39 is 15.5 Å². The second kappa shape index (κ2) is 11.5. The van der Waals surface area contributed by atoms with Crippen LogP contribution in [0, 0.1) is 19.8 Å². The molecule has 0 aliphatic carbocycles. The monoisotopic (exact) mass is 562 g/mol. The molecule has 1 aliphatic heterocycles. The lowest BCUT2D eigenvalue weighted by molar-refractivity contribution is -0.0496. The summed E-state index contributed by atoms with van der Waals surface area (Å²) in [5.74, 6) is 0.720. The first-order valence-electron chi connectivity index (χ1n) is 9.69. The van der Waals surface area contributed by atoms with E-state index in [9.17, 15) is 21.6 Å². The molecule has 0 saturated carbocycles. The summed E-state index contributed by atoms with van der Waals surface area (Å²) in [6, 6.07) is 6.20. The number of rotatable bonds is 6. The number of piperidine rings is 1. The number of aliphatic imine (C=N–C) groups is 1. The molecule has 1 aromatic rings. The molecule has 172 valence electrons. The topological polar surface area (TPSA) is 73.8 Å². The number of alkyl halides is 3. The fourth-order valence-corrected chi connectivity index (χ4v) is 4.25. The van der Waals surface area contributed by atoms with Crippen molar-refractivity contribution in [1.29, 1.82) is 0 Å². The average molecular weight is 562 g/mol. The summed E-state index contributed by atoms with van der Waals surface area (Å²) < 4.78 is 61.5. The highest BCUT2D eigenvalue weighted by molar-refractivity contribution is 14.0. The minimum Gasteiger partial charge on any atom is -0.357 e. The fraction of sp³-hybridized carbons (Fsp3) is 0.632. The van der Waals surface area contributed by atoms with E-state index in [-0.39, 0.29) is 43.0 Å². The molecule has 0 bridgehead atoms. The van der Waals surface area contributed by atoms with Crippen LogP contribution in [0.3, 0.4) is 0 Å². The number of sulfonamides is 1. The quantitative estimate of drug-likeness (QED) is 0.316. The van der Waals surface area contributed by atoms with Gasteiger partial charge in [0.15, 0.2) is 5.96 Å². The summed E-state index contributed by atoms with van der Waals surface area (Å²) in [4.78, 5) is 4.58. The van der Waals surface area contributed by atoms with Crippen molar-refractivity contribution >= 4 is 40.0 Å². The number of nitrogens with one attached hydrogen (secondary N) is 2. The lowest BCUT2D eigenvalue weighted by Crippen LogP contribution is -2.47. The first-order valence-corrected chi connectivity index (χ1v) is 11.1. The Morgan fingerprint density at radius 1 is 1.20 bits per heavy atom. The predicted molar refractivity (Wildman–Crippen MR) is 123 cm³/mol. The van der Waals surface area contributed by atoms with Gasteiger partial charge in [-0.15, -0.1) is 24.0 Å². The molecule has 1 fully saturated rings. The molecular formula is C19H30F3IN4O2S. The molecule has 1 heterocycles. The summed E-state index contributed by atoms with van der Waals surface area (Å²) in [5, 5.41) is 6.38. The molecule has 0 spiro atoms. The van der Waals surface area contributed by atoms with Gasteiger partial charge < -0.3 is 10.6 Å². The molecule has 2 rings (SSSR count). The summed E-state index contributed by atoms with van der Waals surface area (Å²) in [5.41, 5.74) is -1.75. The Morgan fingerprint density at radius 2 is 1.83 bits per heavy atom. The molecule has 0 aromatic heterocycles. The number of halogens is 4. The van der Waals surface area contributed by atoms with E-state index in [1.54, 1.807) is 0 Å². The van der Waals surface area contributed by atoms with Gasteiger partial charge in [-0.1, -0.05) is 23.8 Å². The molecule has 6 nitrogen and oxygen atoms in total. The van der Waals surface area contributed by atoms with E-state index in [0.29, 0.717) is 42.7 Å². The maximum atomic E-state index is 12.7. The Kier molecular flexibility index (Phi) is 10.3. The molecule has 1 saturated heterocycles. The SMILES string of the molecule is CCNC(=NCc1ccc(C)cc1C)NCC1CCN(S(=O)(=O)C(F)(F)F)CC1.I. The molecule has 11 heteroatoms. The summed E-state index contributed by atoms with van der Waals surface area (Å²) in [6.45, 7) is 7.52. The lowest BCUT2D eigenvalue weighted by atomic mass is 9.98. The van der Waals surface area contributed by atoms with Gasteiger partial charge in [0.05, 0.1) is 6.54 Å². The van der Waals surface area contributed by atoms with Crippen molar-refractivity contribution in [2.24, 2.45) is 10.9 Å². The second-order valence-corrected chi connectivity index (χ2v) is 9.23. The standard InChI is InChI=1S/C19H29F3N4O2S.HI/c1-4-23-18(25-13-17-6-5-14(2)11-15(17)3)24-12-16-7-9-26(10-8-16)29(27,28)19(20,21)22;/h5-6,11,16H,4,7-10,12-13H2,1-3H3,(H2,23,24,25);1H. The first-order chi connectivity index (χ1) is 13.5. The van der Waals surface area contributed by atoms with Gasteiger partial charge in [0.2, 0.25) is 0 Å². The Labute approximate surface area is 193 Å². The molecular weight excluding hydrogens is 532 g/mol. The van der Waals surface area contributed by atoms with Crippen LogP contribution in [0.4, 0.5) is 13.2 Å². The summed E-state index contributed by atoms with van der Waals surface area (Å²) in [7, 11) is -5.23. The van der Waals surface area contributed by atoms with Gasteiger partial charge in [0.25, 0.3) is 0 Å². The number of aryl methyl sites for hydroxylation is 2. The van der Waals surface area contributed by atoms with Crippen LogP contribution in [0.5, 0.6) is 0 Å². The van der Waals surface area contributed by atoms with Crippen molar-refractivity contribution in [3.8, 4) is 0 Å². The third-order valence-corrected chi connectivity index (χ3v) is 6.64. The van der Waals surface area contributed by atoms with Crippen molar-refractivity contribution in [1.82, 2.24) is 14.9 Å². The van der Waals surface area contributed by atoms with Crippen LogP contribution in [0.2, 0.25) is 0 Å². The first kappa shape index (κ1) is 27.0. The van der Waals surface area contributed by atoms with Gasteiger partial charge in [-0.3, -0.25) is 0 Å². The van der Waals surface area contributed by atoms with E-state index >= 15 is 0 Å². The van der Waals surface area contributed by atoms with Gasteiger partial charge in [-0.05, 0) is 50.7 Å². The van der Waals surface area contributed by atoms with Crippen LogP contribution in [0.15, 0.2) is 23.2 Å². The van der Waals surface area contributed by atoms with E-state index in [1.807, 2.05) is 26.8 Å². The minimum atomic E-state index is -5.24. The maximum Gasteiger partial charge on any atom is 0.511 e. The normalized spacial score (nSPS) is 16.8. The third-order valence-electron chi connectivity index (χ3n) is 5.01. The van der Waals surface area contributed by atoms with Crippen molar-refractivity contribution < 1.29 is 21.6 Å². The highest BCUT2D eigenvalue weighted by atomic mass is 127. The molecule has 0 amide bonds. The maximum absolute atomic E-state index is 12.7. The van der Waals surface area contributed by atoms with Gasteiger partial charge in [-0.25, -0.2) is 13.4 Å². The number of nitrogens with zero attached hydrogens (tertiary/aromatic N) is 2.